The maximum atomic E-state index is 11.9. The van der Waals surface area contributed by atoms with E-state index < -0.39 is 0 Å². The quantitative estimate of drug-likeness (QED) is 0.640. The lowest BCUT2D eigenvalue weighted by Crippen LogP contribution is -2.30. The van der Waals surface area contributed by atoms with Crippen LogP contribution in [0.4, 0.5) is 10.5 Å². The highest BCUT2D eigenvalue weighted by Gasteiger charge is 2.14. The number of rotatable bonds is 8. The van der Waals surface area contributed by atoms with Crippen LogP contribution in [0.2, 0.25) is 0 Å². The highest BCUT2D eigenvalue weighted by atomic mass is 16.5. The maximum absolute atomic E-state index is 11.9. The van der Waals surface area contributed by atoms with Crippen molar-refractivity contribution in [2.75, 3.05) is 25.0 Å². The number of hydrogen-bond acceptors (Lipinski definition) is 3. The molecule has 0 atom stereocenters. The number of carbonyl (C=O) groups is 2. The molecule has 1 fully saturated rings. The van der Waals surface area contributed by atoms with E-state index in [1.54, 1.807) is 24.3 Å². The van der Waals surface area contributed by atoms with Gasteiger partial charge in [0.2, 0.25) is 0 Å². The van der Waals surface area contributed by atoms with E-state index in [4.69, 9.17) is 4.74 Å². The molecule has 0 bridgehead atoms. The van der Waals surface area contributed by atoms with Crippen LogP contribution in [-0.2, 0) is 4.74 Å². The molecule has 1 aromatic rings. The number of urea groups is 1. The first-order valence-electron chi connectivity index (χ1n) is 8.73. The van der Waals surface area contributed by atoms with Gasteiger partial charge < -0.3 is 20.7 Å². The molecule has 1 saturated carbocycles. The van der Waals surface area contributed by atoms with Crippen molar-refractivity contribution in [2.45, 2.75) is 45.1 Å². The number of hydrogen-bond donors (Lipinski definition) is 3. The molecular formula is C18H27N3O3. The normalized spacial score (nSPS) is 14.4. The molecule has 1 aliphatic carbocycles. The Hall–Kier alpha value is -2.08. The molecule has 0 saturated heterocycles. The van der Waals surface area contributed by atoms with E-state index in [0.717, 1.165) is 19.3 Å². The Labute approximate surface area is 143 Å². The standard InChI is InChI=1S/C18H27N3O3/c1-2-19-17(22)14-7-5-8-15(13-14)21-18(23)20-11-6-12-24-16-9-3-4-10-16/h5,7-8,13,16H,2-4,6,9-12H2,1H3,(H,19,22)(H2,20,21,23). The lowest BCUT2D eigenvalue weighted by molar-refractivity contribution is 0.0572. The van der Waals surface area contributed by atoms with Crippen LogP contribution >= 0.6 is 0 Å². The second kappa shape index (κ2) is 9.93. The zero-order valence-electron chi connectivity index (χ0n) is 14.3. The summed E-state index contributed by atoms with van der Waals surface area (Å²) in [7, 11) is 0. The molecule has 1 aliphatic rings. The minimum absolute atomic E-state index is 0.148. The van der Waals surface area contributed by atoms with Crippen LogP contribution in [0, 0.1) is 0 Å². The average Bonchev–Trinajstić information content (AvgIpc) is 3.08. The molecule has 0 radical (unpaired) electrons. The van der Waals surface area contributed by atoms with Crippen molar-refractivity contribution in [3.05, 3.63) is 29.8 Å². The summed E-state index contributed by atoms with van der Waals surface area (Å²) in [6.45, 7) is 3.68. The molecule has 6 heteroatoms. The van der Waals surface area contributed by atoms with Crippen molar-refractivity contribution < 1.29 is 14.3 Å². The number of amides is 3. The molecule has 2 rings (SSSR count). The van der Waals surface area contributed by atoms with Gasteiger partial charge in [-0.15, -0.1) is 0 Å². The van der Waals surface area contributed by atoms with E-state index in [0.29, 0.717) is 37.1 Å². The summed E-state index contributed by atoms with van der Waals surface area (Å²) in [6, 6.07) is 6.60. The molecule has 3 N–H and O–H groups in total. The van der Waals surface area contributed by atoms with Gasteiger partial charge in [-0.25, -0.2) is 4.79 Å². The second-order valence-electron chi connectivity index (χ2n) is 5.95. The third kappa shape index (κ3) is 6.20. The van der Waals surface area contributed by atoms with Gasteiger partial charge in [0.1, 0.15) is 0 Å². The van der Waals surface area contributed by atoms with Gasteiger partial charge in [0.05, 0.1) is 6.10 Å². The van der Waals surface area contributed by atoms with E-state index in [1.165, 1.54) is 12.8 Å². The molecule has 0 aliphatic heterocycles. The van der Waals surface area contributed by atoms with Crippen molar-refractivity contribution in [1.82, 2.24) is 10.6 Å². The first-order chi connectivity index (χ1) is 11.7. The van der Waals surface area contributed by atoms with E-state index in [1.807, 2.05) is 6.92 Å². The lowest BCUT2D eigenvalue weighted by Gasteiger charge is -2.12. The van der Waals surface area contributed by atoms with Gasteiger partial charge >= 0.3 is 6.03 Å². The molecule has 1 aromatic carbocycles. The fourth-order valence-electron chi connectivity index (χ4n) is 2.76. The largest absolute Gasteiger partial charge is 0.378 e. The number of ether oxygens (including phenoxy) is 1. The molecular weight excluding hydrogens is 306 g/mol. The molecule has 24 heavy (non-hydrogen) atoms. The van der Waals surface area contributed by atoms with Gasteiger partial charge in [-0.2, -0.15) is 0 Å². The Kier molecular flexibility index (Phi) is 7.55. The van der Waals surface area contributed by atoms with Gasteiger partial charge in [0.25, 0.3) is 5.91 Å². The van der Waals surface area contributed by atoms with Gasteiger partial charge in [0.15, 0.2) is 0 Å². The van der Waals surface area contributed by atoms with Crippen molar-refractivity contribution in [1.29, 1.82) is 0 Å². The minimum atomic E-state index is -0.274. The van der Waals surface area contributed by atoms with Gasteiger partial charge in [-0.05, 0) is 44.4 Å². The first-order valence-corrected chi connectivity index (χ1v) is 8.73. The predicted octanol–water partition coefficient (Wildman–Crippen LogP) is 2.91. The fraction of sp³-hybridized carbons (Fsp3) is 0.556. The maximum Gasteiger partial charge on any atom is 0.319 e. The lowest BCUT2D eigenvalue weighted by atomic mass is 10.2. The molecule has 132 valence electrons. The Bertz CT molecular complexity index is 542. The molecule has 0 heterocycles. The van der Waals surface area contributed by atoms with Crippen LogP contribution in [0.1, 0.15) is 49.4 Å². The van der Waals surface area contributed by atoms with Crippen molar-refractivity contribution >= 4 is 17.6 Å². The Morgan fingerprint density at radius 2 is 2.00 bits per heavy atom. The topological polar surface area (TPSA) is 79.5 Å². The summed E-state index contributed by atoms with van der Waals surface area (Å²) in [5.74, 6) is -0.148. The minimum Gasteiger partial charge on any atom is -0.378 e. The van der Waals surface area contributed by atoms with Crippen LogP contribution in [0.3, 0.4) is 0 Å². The summed E-state index contributed by atoms with van der Waals surface area (Å²) in [5, 5.41) is 8.27. The fourth-order valence-corrected chi connectivity index (χ4v) is 2.76. The molecule has 3 amide bonds. The van der Waals surface area contributed by atoms with Crippen LogP contribution in [0.5, 0.6) is 0 Å². The average molecular weight is 333 g/mol. The van der Waals surface area contributed by atoms with Gasteiger partial charge in [-0.1, -0.05) is 18.9 Å². The monoisotopic (exact) mass is 333 g/mol. The van der Waals surface area contributed by atoms with E-state index in [2.05, 4.69) is 16.0 Å². The number of anilines is 1. The molecule has 6 nitrogen and oxygen atoms in total. The third-order valence-corrected chi connectivity index (χ3v) is 3.98. The third-order valence-electron chi connectivity index (χ3n) is 3.98. The number of benzene rings is 1. The van der Waals surface area contributed by atoms with Crippen molar-refractivity contribution in [2.24, 2.45) is 0 Å². The smallest absolute Gasteiger partial charge is 0.319 e. The summed E-state index contributed by atoms with van der Waals surface area (Å²) in [5.41, 5.74) is 1.12. The van der Waals surface area contributed by atoms with Gasteiger partial charge in [-0.3, -0.25) is 4.79 Å². The molecule has 0 aromatic heterocycles. The molecule has 0 spiro atoms. The van der Waals surface area contributed by atoms with Crippen molar-refractivity contribution in [3.8, 4) is 0 Å². The Balaban J connectivity index is 1.66. The molecule has 0 unspecified atom stereocenters. The summed E-state index contributed by atoms with van der Waals surface area (Å²) < 4.78 is 5.75. The van der Waals surface area contributed by atoms with Gasteiger partial charge in [0, 0.05) is 30.9 Å². The zero-order valence-corrected chi connectivity index (χ0v) is 14.3. The Morgan fingerprint density at radius 3 is 2.75 bits per heavy atom. The van der Waals surface area contributed by atoms with Crippen LogP contribution in [-0.4, -0.2) is 37.7 Å². The van der Waals surface area contributed by atoms with Crippen molar-refractivity contribution in [3.63, 3.8) is 0 Å². The van der Waals surface area contributed by atoms with Crippen LogP contribution in [0.25, 0.3) is 0 Å². The van der Waals surface area contributed by atoms with E-state index in [-0.39, 0.29) is 11.9 Å². The summed E-state index contributed by atoms with van der Waals surface area (Å²) in [6.07, 6.45) is 6.06. The van der Waals surface area contributed by atoms with Crippen LogP contribution in [0.15, 0.2) is 24.3 Å². The van der Waals surface area contributed by atoms with E-state index >= 15 is 0 Å². The highest BCUT2D eigenvalue weighted by Crippen LogP contribution is 2.20. The second-order valence-corrected chi connectivity index (χ2v) is 5.95. The number of carbonyl (C=O) groups excluding carboxylic acids is 2. The summed E-state index contributed by atoms with van der Waals surface area (Å²) in [4.78, 5) is 23.7. The predicted molar refractivity (Wildman–Crippen MR) is 94.3 cm³/mol. The SMILES string of the molecule is CCNC(=O)c1cccc(NC(=O)NCCCOC2CCCC2)c1. The number of nitrogens with one attached hydrogen (secondary N) is 3. The van der Waals surface area contributed by atoms with Crippen LogP contribution < -0.4 is 16.0 Å². The van der Waals surface area contributed by atoms with E-state index in [9.17, 15) is 9.59 Å². The Morgan fingerprint density at radius 1 is 1.21 bits per heavy atom. The summed E-state index contributed by atoms with van der Waals surface area (Å²) >= 11 is 0. The zero-order chi connectivity index (χ0) is 17.2. The highest BCUT2D eigenvalue weighted by molar-refractivity contribution is 5.96. The first kappa shape index (κ1) is 18.3.